The first-order valence-electron chi connectivity index (χ1n) is 2.99. The average molecular weight is 114 g/mol. The van der Waals surface area contributed by atoms with E-state index in [1.807, 2.05) is 6.08 Å². The first-order chi connectivity index (χ1) is 3.91. The molecule has 0 aromatic heterocycles. The zero-order valence-electron chi connectivity index (χ0n) is 5.35. The molecule has 0 unspecified atom stereocenters. The number of rotatable bonds is 4. The van der Waals surface area contributed by atoms with Gasteiger partial charge in [-0.2, -0.15) is 0 Å². The molecule has 8 heavy (non-hydrogen) atoms. The van der Waals surface area contributed by atoms with E-state index in [0.717, 1.165) is 19.5 Å². The van der Waals surface area contributed by atoms with Crippen molar-refractivity contribution in [2.45, 2.75) is 13.3 Å². The van der Waals surface area contributed by atoms with Gasteiger partial charge in [0.15, 0.2) is 0 Å². The maximum atomic E-state index is 5.10. The smallest absolute Gasteiger partial charge is 0.00137 e. The van der Waals surface area contributed by atoms with Crippen molar-refractivity contribution in [1.82, 2.24) is 5.32 Å². The lowest BCUT2D eigenvalue weighted by molar-refractivity contribution is 0.726. The van der Waals surface area contributed by atoms with Crippen LogP contribution in [0.2, 0.25) is 0 Å². The molecule has 0 rings (SSSR count). The molecule has 0 aliphatic carbocycles. The Balaban J connectivity index is 2.72. The summed E-state index contributed by atoms with van der Waals surface area (Å²) in [6.45, 7) is 4.16. The van der Waals surface area contributed by atoms with Gasteiger partial charge in [0.1, 0.15) is 0 Å². The minimum absolute atomic E-state index is 1.03. The third-order valence-electron chi connectivity index (χ3n) is 0.874. The van der Waals surface area contributed by atoms with Crippen molar-refractivity contribution in [2.24, 2.45) is 5.73 Å². The summed E-state index contributed by atoms with van der Waals surface area (Å²) in [5, 5.41) is 3.18. The summed E-state index contributed by atoms with van der Waals surface area (Å²) in [4.78, 5) is 0. The van der Waals surface area contributed by atoms with Gasteiger partial charge < -0.3 is 11.1 Å². The summed E-state index contributed by atoms with van der Waals surface area (Å²) < 4.78 is 0. The molecular formula is C6H14N2. The standard InChI is InChI=1S/C6H14N2/c1-2-8-6-4-3-5-7/h3,5,8H,2,4,6-7H2,1H3/b5-3-. The monoisotopic (exact) mass is 114 g/mol. The van der Waals surface area contributed by atoms with E-state index in [-0.39, 0.29) is 0 Å². The summed E-state index contributed by atoms with van der Waals surface area (Å²) in [7, 11) is 0. The van der Waals surface area contributed by atoms with E-state index in [0.29, 0.717) is 0 Å². The summed E-state index contributed by atoms with van der Waals surface area (Å²) in [6, 6.07) is 0. The van der Waals surface area contributed by atoms with Crippen LogP contribution in [-0.2, 0) is 0 Å². The summed E-state index contributed by atoms with van der Waals surface area (Å²) >= 11 is 0. The second kappa shape index (κ2) is 6.50. The Labute approximate surface area is 50.8 Å². The SMILES string of the molecule is CCNCC/C=C\N. The first-order valence-corrected chi connectivity index (χ1v) is 2.99. The van der Waals surface area contributed by atoms with Crippen LogP contribution >= 0.6 is 0 Å². The highest BCUT2D eigenvalue weighted by molar-refractivity contribution is 4.75. The van der Waals surface area contributed by atoms with E-state index in [4.69, 9.17) is 5.73 Å². The van der Waals surface area contributed by atoms with E-state index in [9.17, 15) is 0 Å². The van der Waals surface area contributed by atoms with Crippen LogP contribution in [0.15, 0.2) is 12.3 Å². The van der Waals surface area contributed by atoms with Crippen molar-refractivity contribution >= 4 is 0 Å². The Morgan fingerprint density at radius 1 is 1.62 bits per heavy atom. The minimum Gasteiger partial charge on any atom is -0.405 e. The molecule has 2 nitrogen and oxygen atoms in total. The molecule has 48 valence electrons. The Hall–Kier alpha value is -0.500. The zero-order valence-corrected chi connectivity index (χ0v) is 5.35. The molecule has 0 aliphatic heterocycles. The van der Waals surface area contributed by atoms with Gasteiger partial charge in [0.2, 0.25) is 0 Å². The van der Waals surface area contributed by atoms with Crippen molar-refractivity contribution in [3.8, 4) is 0 Å². The van der Waals surface area contributed by atoms with Gasteiger partial charge in [0.25, 0.3) is 0 Å². The molecule has 0 aromatic rings. The second-order valence-electron chi connectivity index (χ2n) is 1.57. The number of hydrogen-bond donors (Lipinski definition) is 2. The molecule has 0 spiro atoms. The predicted molar refractivity (Wildman–Crippen MR) is 36.5 cm³/mol. The lowest BCUT2D eigenvalue weighted by Gasteiger charge is -1.93. The summed E-state index contributed by atoms with van der Waals surface area (Å²) in [5.74, 6) is 0. The Morgan fingerprint density at radius 2 is 2.38 bits per heavy atom. The highest BCUT2D eigenvalue weighted by Gasteiger charge is 1.75. The fraction of sp³-hybridized carbons (Fsp3) is 0.667. The molecule has 0 aliphatic rings. The molecule has 2 heteroatoms. The molecule has 0 heterocycles. The lowest BCUT2D eigenvalue weighted by Crippen LogP contribution is -2.12. The first kappa shape index (κ1) is 7.50. The van der Waals surface area contributed by atoms with Gasteiger partial charge in [0.05, 0.1) is 0 Å². The number of hydrogen-bond acceptors (Lipinski definition) is 2. The van der Waals surface area contributed by atoms with Crippen LogP contribution in [0.25, 0.3) is 0 Å². The molecule has 0 atom stereocenters. The Kier molecular flexibility index (Phi) is 6.09. The second-order valence-corrected chi connectivity index (χ2v) is 1.57. The van der Waals surface area contributed by atoms with E-state index in [1.54, 1.807) is 6.20 Å². The Morgan fingerprint density at radius 3 is 2.88 bits per heavy atom. The molecule has 0 fully saturated rings. The molecular weight excluding hydrogens is 100 g/mol. The molecule has 0 aromatic carbocycles. The van der Waals surface area contributed by atoms with Crippen molar-refractivity contribution in [3.63, 3.8) is 0 Å². The average Bonchev–Trinajstić information content (AvgIpc) is 1.81. The minimum atomic E-state index is 1.03. The topological polar surface area (TPSA) is 38.0 Å². The molecule has 0 radical (unpaired) electrons. The van der Waals surface area contributed by atoms with Gasteiger partial charge in [-0.25, -0.2) is 0 Å². The number of nitrogens with one attached hydrogen (secondary N) is 1. The third kappa shape index (κ3) is 5.50. The molecule has 0 amide bonds. The van der Waals surface area contributed by atoms with Crippen LogP contribution in [0.3, 0.4) is 0 Å². The van der Waals surface area contributed by atoms with Gasteiger partial charge in [-0.1, -0.05) is 13.0 Å². The van der Waals surface area contributed by atoms with Gasteiger partial charge in [-0.05, 0) is 25.7 Å². The normalized spacial score (nSPS) is 10.6. The van der Waals surface area contributed by atoms with Gasteiger partial charge in [-0.15, -0.1) is 0 Å². The van der Waals surface area contributed by atoms with Gasteiger partial charge in [0, 0.05) is 0 Å². The van der Waals surface area contributed by atoms with E-state index < -0.39 is 0 Å². The van der Waals surface area contributed by atoms with Crippen LogP contribution in [-0.4, -0.2) is 13.1 Å². The fourth-order valence-electron chi connectivity index (χ4n) is 0.458. The van der Waals surface area contributed by atoms with Crippen LogP contribution in [0.5, 0.6) is 0 Å². The van der Waals surface area contributed by atoms with E-state index in [2.05, 4.69) is 12.2 Å². The molecule has 3 N–H and O–H groups in total. The molecule has 0 bridgehead atoms. The quantitative estimate of drug-likeness (QED) is 0.521. The lowest BCUT2D eigenvalue weighted by atomic mass is 10.4. The van der Waals surface area contributed by atoms with Gasteiger partial charge in [-0.3, -0.25) is 0 Å². The Bertz CT molecular complexity index is 59.5. The van der Waals surface area contributed by atoms with Crippen molar-refractivity contribution in [3.05, 3.63) is 12.3 Å². The largest absolute Gasteiger partial charge is 0.405 e. The highest BCUT2D eigenvalue weighted by Crippen LogP contribution is 1.74. The van der Waals surface area contributed by atoms with Crippen LogP contribution < -0.4 is 11.1 Å². The van der Waals surface area contributed by atoms with E-state index >= 15 is 0 Å². The van der Waals surface area contributed by atoms with Crippen molar-refractivity contribution in [2.75, 3.05) is 13.1 Å². The van der Waals surface area contributed by atoms with E-state index in [1.165, 1.54) is 0 Å². The van der Waals surface area contributed by atoms with Crippen molar-refractivity contribution < 1.29 is 0 Å². The summed E-state index contributed by atoms with van der Waals surface area (Å²) in [6.07, 6.45) is 4.56. The third-order valence-corrected chi connectivity index (χ3v) is 0.874. The van der Waals surface area contributed by atoms with Crippen molar-refractivity contribution in [1.29, 1.82) is 0 Å². The predicted octanol–water partition coefficient (Wildman–Crippen LogP) is 0.458. The maximum absolute atomic E-state index is 5.10. The van der Waals surface area contributed by atoms with Crippen LogP contribution in [0.4, 0.5) is 0 Å². The van der Waals surface area contributed by atoms with Crippen LogP contribution in [0.1, 0.15) is 13.3 Å². The highest BCUT2D eigenvalue weighted by atomic mass is 14.8. The zero-order chi connectivity index (χ0) is 6.24. The fourth-order valence-corrected chi connectivity index (χ4v) is 0.458. The molecule has 0 saturated carbocycles. The summed E-state index contributed by atoms with van der Waals surface area (Å²) in [5.41, 5.74) is 5.10. The van der Waals surface area contributed by atoms with Crippen LogP contribution in [0, 0.1) is 0 Å². The number of nitrogens with two attached hydrogens (primary N) is 1. The van der Waals surface area contributed by atoms with Gasteiger partial charge >= 0.3 is 0 Å². The maximum Gasteiger partial charge on any atom is -0.00137 e. The molecule has 0 saturated heterocycles.